The minimum absolute atomic E-state index is 0.0771. The van der Waals surface area contributed by atoms with Crippen molar-refractivity contribution in [2.24, 2.45) is 0 Å². The van der Waals surface area contributed by atoms with Crippen molar-refractivity contribution in [1.29, 1.82) is 0 Å². The van der Waals surface area contributed by atoms with Crippen LogP contribution in [0.1, 0.15) is 38.6 Å². The van der Waals surface area contributed by atoms with Gasteiger partial charge in [0.1, 0.15) is 10.8 Å². The quantitative estimate of drug-likeness (QED) is 0.712. The van der Waals surface area contributed by atoms with Gasteiger partial charge in [0.2, 0.25) is 11.0 Å². The molecule has 0 aliphatic heterocycles. The lowest BCUT2D eigenvalue weighted by molar-refractivity contribution is -0.116. The third-order valence-corrected chi connectivity index (χ3v) is 4.81. The molecule has 1 aromatic carbocycles. The molecule has 0 radical (unpaired) electrons. The van der Waals surface area contributed by atoms with Gasteiger partial charge in [-0.05, 0) is 24.6 Å². The van der Waals surface area contributed by atoms with Gasteiger partial charge in [0.05, 0.1) is 11.6 Å². The number of anilines is 1. The van der Waals surface area contributed by atoms with Crippen molar-refractivity contribution in [3.8, 4) is 5.75 Å². The number of nitrogens with zero attached hydrogens (tertiary/aromatic N) is 2. The summed E-state index contributed by atoms with van der Waals surface area (Å²) >= 11 is 13.2. The molecule has 8 heteroatoms. The summed E-state index contributed by atoms with van der Waals surface area (Å²) in [6.45, 7) is 6.55. The minimum atomic E-state index is -0.114. The minimum Gasteiger partial charge on any atom is -0.492 e. The summed E-state index contributed by atoms with van der Waals surface area (Å²) in [5.41, 5.74) is -0.0771. The molecular weight excluding hydrogens is 369 g/mol. The second-order valence-corrected chi connectivity index (χ2v) is 8.06. The third-order valence-electron chi connectivity index (χ3n) is 3.01. The summed E-state index contributed by atoms with van der Waals surface area (Å²) in [6, 6.07) is 5.03. The molecule has 0 atom stereocenters. The van der Waals surface area contributed by atoms with E-state index in [-0.39, 0.29) is 11.3 Å². The predicted octanol–water partition coefficient (Wildman–Crippen LogP) is 4.94. The van der Waals surface area contributed by atoms with Crippen molar-refractivity contribution in [3.05, 3.63) is 33.3 Å². The highest BCUT2D eigenvalue weighted by Gasteiger charge is 2.19. The smallest absolute Gasteiger partial charge is 0.226 e. The monoisotopic (exact) mass is 387 g/mol. The fraction of sp³-hybridized carbons (Fsp3) is 0.438. The number of carbonyl (C=O) groups excluding carboxylic acids is 1. The lowest BCUT2D eigenvalue weighted by Crippen LogP contribution is -2.12. The van der Waals surface area contributed by atoms with E-state index in [1.54, 1.807) is 18.2 Å². The molecule has 2 rings (SSSR count). The van der Waals surface area contributed by atoms with Crippen molar-refractivity contribution in [1.82, 2.24) is 10.2 Å². The van der Waals surface area contributed by atoms with Crippen molar-refractivity contribution in [3.63, 3.8) is 0 Å². The molecule has 0 aliphatic carbocycles. The Bertz CT molecular complexity index is 714. The number of amides is 1. The number of carbonyl (C=O) groups is 1. The molecule has 0 spiro atoms. The predicted molar refractivity (Wildman–Crippen MR) is 98.4 cm³/mol. The van der Waals surface area contributed by atoms with Gasteiger partial charge < -0.3 is 10.1 Å². The standard InChI is InChI=1S/C16H19Cl2N3O2S/c1-16(2,3)14-20-21-15(24-14)19-13(22)5-4-8-23-12-7-6-10(17)9-11(12)18/h6-7,9H,4-5,8H2,1-3H3,(H,19,21,22). The highest BCUT2D eigenvalue weighted by atomic mass is 35.5. The average Bonchev–Trinajstić information content (AvgIpc) is 2.94. The van der Waals surface area contributed by atoms with E-state index in [0.717, 1.165) is 5.01 Å². The number of ether oxygens (including phenoxy) is 1. The van der Waals surface area contributed by atoms with Gasteiger partial charge >= 0.3 is 0 Å². The summed E-state index contributed by atoms with van der Waals surface area (Å²) in [6.07, 6.45) is 0.894. The molecule has 2 aromatic rings. The van der Waals surface area contributed by atoms with Crippen LogP contribution >= 0.6 is 34.5 Å². The molecular formula is C16H19Cl2N3O2S. The molecule has 1 aromatic heterocycles. The summed E-state index contributed by atoms with van der Waals surface area (Å²) in [5.74, 6) is 0.442. The van der Waals surface area contributed by atoms with Gasteiger partial charge in [0.25, 0.3) is 0 Å². The third kappa shape index (κ3) is 5.61. The van der Waals surface area contributed by atoms with Crippen LogP contribution in [0, 0.1) is 0 Å². The number of halogens is 2. The molecule has 0 bridgehead atoms. The fourth-order valence-electron chi connectivity index (χ4n) is 1.77. The molecule has 0 saturated heterocycles. The maximum atomic E-state index is 11.9. The van der Waals surface area contributed by atoms with Gasteiger partial charge in [-0.1, -0.05) is 55.3 Å². The lowest BCUT2D eigenvalue weighted by atomic mass is 9.98. The molecule has 24 heavy (non-hydrogen) atoms. The van der Waals surface area contributed by atoms with Crippen LogP contribution in [0.2, 0.25) is 10.0 Å². The number of hydrogen-bond donors (Lipinski definition) is 1. The molecule has 1 amide bonds. The molecule has 0 saturated carbocycles. The number of nitrogens with one attached hydrogen (secondary N) is 1. The number of aromatic nitrogens is 2. The van der Waals surface area contributed by atoms with E-state index in [4.69, 9.17) is 27.9 Å². The van der Waals surface area contributed by atoms with E-state index >= 15 is 0 Å². The van der Waals surface area contributed by atoms with Crippen LogP contribution in [0.3, 0.4) is 0 Å². The van der Waals surface area contributed by atoms with E-state index in [1.165, 1.54) is 11.3 Å². The Morgan fingerprint density at radius 1 is 1.29 bits per heavy atom. The van der Waals surface area contributed by atoms with Gasteiger partial charge in [-0.3, -0.25) is 4.79 Å². The van der Waals surface area contributed by atoms with Crippen LogP contribution in [0.5, 0.6) is 5.75 Å². The topological polar surface area (TPSA) is 64.1 Å². The SMILES string of the molecule is CC(C)(C)c1nnc(NC(=O)CCCOc2ccc(Cl)cc2Cl)s1. The molecule has 130 valence electrons. The number of benzene rings is 1. The van der Waals surface area contributed by atoms with Crippen LogP contribution in [0.4, 0.5) is 5.13 Å². The Morgan fingerprint density at radius 3 is 2.67 bits per heavy atom. The molecule has 1 heterocycles. The summed E-state index contributed by atoms with van der Waals surface area (Å²) < 4.78 is 5.55. The van der Waals surface area contributed by atoms with Crippen LogP contribution in [-0.2, 0) is 10.2 Å². The first-order valence-electron chi connectivity index (χ1n) is 7.47. The molecule has 1 N–H and O–H groups in total. The Balaban J connectivity index is 1.74. The van der Waals surface area contributed by atoms with Crippen LogP contribution in [-0.4, -0.2) is 22.7 Å². The normalized spacial score (nSPS) is 11.4. The first-order chi connectivity index (χ1) is 11.3. The lowest BCUT2D eigenvalue weighted by Gasteiger charge is -2.12. The van der Waals surface area contributed by atoms with Crippen LogP contribution in [0.15, 0.2) is 18.2 Å². The largest absolute Gasteiger partial charge is 0.492 e. The second kappa shape index (κ2) is 8.14. The van der Waals surface area contributed by atoms with Crippen LogP contribution in [0.25, 0.3) is 0 Å². The molecule has 0 fully saturated rings. The Labute approximate surface area is 155 Å². The van der Waals surface area contributed by atoms with E-state index in [2.05, 4.69) is 36.3 Å². The van der Waals surface area contributed by atoms with Gasteiger partial charge in [0.15, 0.2) is 0 Å². The molecule has 0 unspecified atom stereocenters. The van der Waals surface area contributed by atoms with Gasteiger partial charge in [-0.25, -0.2) is 0 Å². The van der Waals surface area contributed by atoms with Gasteiger partial charge in [-0.15, -0.1) is 10.2 Å². The van der Waals surface area contributed by atoms with Crippen molar-refractivity contribution in [2.75, 3.05) is 11.9 Å². The van der Waals surface area contributed by atoms with Crippen molar-refractivity contribution < 1.29 is 9.53 Å². The van der Waals surface area contributed by atoms with E-state index in [1.807, 2.05) is 0 Å². The Morgan fingerprint density at radius 2 is 2.04 bits per heavy atom. The fourth-order valence-corrected chi connectivity index (χ4v) is 3.05. The van der Waals surface area contributed by atoms with Crippen molar-refractivity contribution in [2.45, 2.75) is 39.0 Å². The summed E-state index contributed by atoms with van der Waals surface area (Å²) in [7, 11) is 0. The summed E-state index contributed by atoms with van der Waals surface area (Å²) in [4.78, 5) is 11.9. The highest BCUT2D eigenvalue weighted by molar-refractivity contribution is 7.15. The Hall–Kier alpha value is -1.37. The van der Waals surface area contributed by atoms with E-state index in [0.29, 0.717) is 40.4 Å². The summed E-state index contributed by atoms with van der Waals surface area (Å²) in [5, 5.41) is 13.3. The molecule has 5 nitrogen and oxygen atoms in total. The first kappa shape index (κ1) is 19.0. The zero-order valence-corrected chi connectivity index (χ0v) is 16.1. The van der Waals surface area contributed by atoms with Crippen LogP contribution < -0.4 is 10.1 Å². The zero-order chi connectivity index (χ0) is 17.7. The van der Waals surface area contributed by atoms with Gasteiger partial charge in [0, 0.05) is 16.9 Å². The van der Waals surface area contributed by atoms with E-state index < -0.39 is 0 Å². The van der Waals surface area contributed by atoms with Crippen molar-refractivity contribution >= 4 is 45.6 Å². The van der Waals surface area contributed by atoms with Gasteiger partial charge in [-0.2, -0.15) is 0 Å². The Kier molecular flexibility index (Phi) is 6.43. The second-order valence-electron chi connectivity index (χ2n) is 6.24. The number of rotatable bonds is 6. The number of hydrogen-bond acceptors (Lipinski definition) is 5. The highest BCUT2D eigenvalue weighted by Crippen LogP contribution is 2.28. The first-order valence-corrected chi connectivity index (χ1v) is 9.04. The molecule has 0 aliphatic rings. The zero-order valence-electron chi connectivity index (χ0n) is 13.7. The maximum absolute atomic E-state index is 11.9. The van der Waals surface area contributed by atoms with E-state index in [9.17, 15) is 4.79 Å². The average molecular weight is 388 g/mol. The maximum Gasteiger partial charge on any atom is 0.226 e.